The number of sulfonamides is 1. The van der Waals surface area contributed by atoms with E-state index in [1.54, 1.807) is 41.8 Å². The predicted molar refractivity (Wildman–Crippen MR) is 93.8 cm³/mol. The molecule has 0 aliphatic rings. The molecule has 0 saturated carbocycles. The molecule has 1 aromatic carbocycles. The Balaban J connectivity index is 2.01. The molecule has 2 rings (SSSR count). The molecule has 0 saturated heterocycles. The summed E-state index contributed by atoms with van der Waals surface area (Å²) in [4.78, 5) is 23.6. The Hall–Kier alpha value is -2.23. The molecule has 25 heavy (non-hydrogen) atoms. The van der Waals surface area contributed by atoms with Gasteiger partial charge in [-0.25, -0.2) is 13.2 Å². The third-order valence-electron chi connectivity index (χ3n) is 3.38. The molecule has 0 bridgehead atoms. The lowest BCUT2D eigenvalue weighted by molar-refractivity contribution is -0.141. The van der Waals surface area contributed by atoms with Crippen LogP contribution >= 0.6 is 11.3 Å². The number of carbonyl (C=O) groups excluding carboxylic acids is 1. The highest BCUT2D eigenvalue weighted by Crippen LogP contribution is 2.15. The van der Waals surface area contributed by atoms with Gasteiger partial charge in [0.25, 0.3) is 10.0 Å². The minimum absolute atomic E-state index is 0.0891. The predicted octanol–water partition coefficient (Wildman–Crippen LogP) is 1.23. The first-order valence-electron chi connectivity index (χ1n) is 7.42. The van der Waals surface area contributed by atoms with E-state index in [2.05, 4.69) is 10.0 Å². The molecule has 1 unspecified atom stereocenters. The monoisotopic (exact) mass is 382 g/mol. The van der Waals surface area contributed by atoms with Gasteiger partial charge in [0, 0.05) is 6.42 Å². The van der Waals surface area contributed by atoms with E-state index in [0.717, 1.165) is 16.9 Å². The highest BCUT2D eigenvalue weighted by atomic mass is 32.2. The molecule has 2 aromatic rings. The molecule has 0 spiro atoms. The molecule has 7 nitrogen and oxygen atoms in total. The number of hydrogen-bond donors (Lipinski definition) is 3. The molecule has 0 aliphatic carbocycles. The van der Waals surface area contributed by atoms with Gasteiger partial charge in [-0.2, -0.15) is 4.72 Å². The van der Waals surface area contributed by atoms with Gasteiger partial charge in [-0.05, 0) is 23.9 Å². The summed E-state index contributed by atoms with van der Waals surface area (Å²) < 4.78 is 26.6. The van der Waals surface area contributed by atoms with Gasteiger partial charge in [-0.15, -0.1) is 11.3 Å². The highest BCUT2D eigenvalue weighted by molar-refractivity contribution is 7.91. The van der Waals surface area contributed by atoms with E-state index in [9.17, 15) is 23.1 Å². The summed E-state index contributed by atoms with van der Waals surface area (Å²) in [5.41, 5.74) is 0.752. The minimum atomic E-state index is -3.82. The molecular formula is C16H18N2O5S2. The van der Waals surface area contributed by atoms with Crippen LogP contribution in [0.3, 0.4) is 0 Å². The Morgan fingerprint density at radius 2 is 1.84 bits per heavy atom. The highest BCUT2D eigenvalue weighted by Gasteiger charge is 2.26. The van der Waals surface area contributed by atoms with Crippen LogP contribution in [0.4, 0.5) is 0 Å². The summed E-state index contributed by atoms with van der Waals surface area (Å²) in [5, 5.41) is 13.3. The van der Waals surface area contributed by atoms with Crippen molar-refractivity contribution >= 4 is 33.2 Å². The molecular weight excluding hydrogens is 364 g/mol. The zero-order valence-electron chi connectivity index (χ0n) is 13.4. The van der Waals surface area contributed by atoms with E-state index in [1.807, 2.05) is 0 Å². The summed E-state index contributed by atoms with van der Waals surface area (Å²) >= 11 is 1.03. The van der Waals surface area contributed by atoms with E-state index in [0.29, 0.717) is 0 Å². The van der Waals surface area contributed by atoms with Crippen molar-refractivity contribution < 1.29 is 23.1 Å². The number of hydrogen-bond acceptors (Lipinski definition) is 5. The van der Waals surface area contributed by atoms with Gasteiger partial charge in [-0.1, -0.05) is 36.4 Å². The number of nitrogens with one attached hydrogen (secondary N) is 2. The van der Waals surface area contributed by atoms with Crippen LogP contribution in [0, 0.1) is 0 Å². The van der Waals surface area contributed by atoms with Gasteiger partial charge in [0.1, 0.15) is 10.3 Å². The van der Waals surface area contributed by atoms with Crippen LogP contribution in [0.5, 0.6) is 0 Å². The van der Waals surface area contributed by atoms with Crippen molar-refractivity contribution in [3.05, 3.63) is 53.4 Å². The summed E-state index contributed by atoms with van der Waals surface area (Å²) in [6, 6.07) is 9.61. The quantitative estimate of drug-likeness (QED) is 0.636. The number of amides is 1. The molecule has 1 amide bonds. The van der Waals surface area contributed by atoms with Crippen LogP contribution in [-0.4, -0.2) is 37.5 Å². The maximum Gasteiger partial charge on any atom is 0.326 e. The molecule has 3 N–H and O–H groups in total. The van der Waals surface area contributed by atoms with Gasteiger partial charge < -0.3 is 10.4 Å². The molecule has 2 atom stereocenters. The SMILES string of the molecule is CC(NS(=O)(=O)c1cccs1)C(=O)N[C@@H](Cc1ccccc1)C(=O)O. The third-order valence-corrected chi connectivity index (χ3v) is 6.32. The van der Waals surface area contributed by atoms with Gasteiger partial charge in [0.05, 0.1) is 6.04 Å². The largest absolute Gasteiger partial charge is 0.480 e. The first-order valence-corrected chi connectivity index (χ1v) is 9.79. The number of thiophene rings is 1. The van der Waals surface area contributed by atoms with Crippen molar-refractivity contribution in [2.24, 2.45) is 0 Å². The third kappa shape index (κ3) is 5.38. The number of aliphatic carboxylic acids is 1. The summed E-state index contributed by atoms with van der Waals surface area (Å²) in [7, 11) is -3.82. The van der Waals surface area contributed by atoms with Crippen molar-refractivity contribution in [2.45, 2.75) is 29.6 Å². The van der Waals surface area contributed by atoms with Gasteiger partial charge >= 0.3 is 5.97 Å². The molecule has 0 aliphatic heterocycles. The molecule has 1 heterocycles. The van der Waals surface area contributed by atoms with Crippen molar-refractivity contribution in [1.29, 1.82) is 0 Å². The van der Waals surface area contributed by atoms with Crippen molar-refractivity contribution in [3.8, 4) is 0 Å². The number of carboxylic acids is 1. The summed E-state index contributed by atoms with van der Waals surface area (Å²) in [5.74, 6) is -1.89. The van der Waals surface area contributed by atoms with Crippen LogP contribution in [-0.2, 0) is 26.0 Å². The Labute approximate surface area is 149 Å². The van der Waals surface area contributed by atoms with E-state index in [4.69, 9.17) is 0 Å². The van der Waals surface area contributed by atoms with Gasteiger partial charge in [0.2, 0.25) is 5.91 Å². The lowest BCUT2D eigenvalue weighted by Crippen LogP contribution is -2.50. The van der Waals surface area contributed by atoms with Crippen LogP contribution in [0.2, 0.25) is 0 Å². The maximum absolute atomic E-state index is 12.2. The topological polar surface area (TPSA) is 113 Å². The lowest BCUT2D eigenvalue weighted by atomic mass is 10.1. The maximum atomic E-state index is 12.2. The number of rotatable bonds is 8. The normalized spacial score (nSPS) is 13.8. The lowest BCUT2D eigenvalue weighted by Gasteiger charge is -2.18. The Bertz CT molecular complexity index is 819. The fraction of sp³-hybridized carbons (Fsp3) is 0.250. The zero-order chi connectivity index (χ0) is 18.4. The second kappa shape index (κ2) is 8.24. The zero-order valence-corrected chi connectivity index (χ0v) is 15.0. The summed E-state index contributed by atoms with van der Waals surface area (Å²) in [6.45, 7) is 1.36. The molecule has 134 valence electrons. The minimum Gasteiger partial charge on any atom is -0.480 e. The van der Waals surface area contributed by atoms with Crippen molar-refractivity contribution in [3.63, 3.8) is 0 Å². The number of carbonyl (C=O) groups is 2. The molecule has 0 fully saturated rings. The smallest absolute Gasteiger partial charge is 0.326 e. The Morgan fingerprint density at radius 1 is 1.16 bits per heavy atom. The summed E-state index contributed by atoms with van der Waals surface area (Å²) in [6.07, 6.45) is 0.103. The average molecular weight is 382 g/mol. The fourth-order valence-electron chi connectivity index (χ4n) is 2.11. The van der Waals surface area contributed by atoms with Crippen LogP contribution in [0.1, 0.15) is 12.5 Å². The average Bonchev–Trinajstić information content (AvgIpc) is 3.10. The van der Waals surface area contributed by atoms with E-state index in [-0.39, 0.29) is 10.6 Å². The van der Waals surface area contributed by atoms with Gasteiger partial charge in [0.15, 0.2) is 0 Å². The fourth-order valence-corrected chi connectivity index (χ4v) is 4.32. The standard InChI is InChI=1S/C16H18N2O5S2/c1-11(18-25(22,23)14-8-5-9-24-14)15(19)17-13(16(20)21)10-12-6-3-2-4-7-12/h2-9,11,13,18H,10H2,1H3,(H,17,19)(H,20,21)/t11?,13-/m0/s1. The Morgan fingerprint density at radius 3 is 2.40 bits per heavy atom. The second-order valence-corrected chi connectivity index (χ2v) is 8.25. The Kier molecular flexibility index (Phi) is 6.29. The molecule has 1 aromatic heterocycles. The van der Waals surface area contributed by atoms with Crippen molar-refractivity contribution in [2.75, 3.05) is 0 Å². The second-order valence-electron chi connectivity index (χ2n) is 5.36. The molecule has 0 radical (unpaired) electrons. The van der Waals surface area contributed by atoms with Gasteiger partial charge in [-0.3, -0.25) is 4.79 Å². The van der Waals surface area contributed by atoms with Crippen molar-refractivity contribution in [1.82, 2.24) is 10.0 Å². The molecule has 9 heteroatoms. The van der Waals surface area contributed by atoms with E-state index >= 15 is 0 Å². The van der Waals surface area contributed by atoms with E-state index < -0.39 is 34.0 Å². The first kappa shape index (κ1) is 19.1. The number of benzene rings is 1. The van der Waals surface area contributed by atoms with E-state index in [1.165, 1.54) is 13.0 Å². The first-order chi connectivity index (χ1) is 11.8. The van der Waals surface area contributed by atoms with Crippen LogP contribution in [0.25, 0.3) is 0 Å². The van der Waals surface area contributed by atoms with Crippen LogP contribution < -0.4 is 10.0 Å². The number of carboxylic acid groups (broad SMARTS) is 1. The van der Waals surface area contributed by atoms with Crippen LogP contribution in [0.15, 0.2) is 52.1 Å².